The first-order chi connectivity index (χ1) is 7.33. The normalized spacial score (nSPS) is 19.2. The van der Waals surface area contributed by atoms with Crippen LogP contribution in [0, 0.1) is 11.8 Å². The molecule has 0 amide bonds. The lowest BCUT2D eigenvalue weighted by atomic mass is 9.94. The van der Waals surface area contributed by atoms with E-state index in [1.54, 1.807) is 0 Å². The van der Waals surface area contributed by atoms with Gasteiger partial charge >= 0.3 is 0 Å². The van der Waals surface area contributed by atoms with Gasteiger partial charge in [0, 0.05) is 30.9 Å². The van der Waals surface area contributed by atoms with Crippen LogP contribution in [0.3, 0.4) is 0 Å². The lowest BCUT2D eigenvalue weighted by molar-refractivity contribution is 0.541. The van der Waals surface area contributed by atoms with E-state index < -0.39 is 0 Å². The second-order valence-corrected chi connectivity index (χ2v) is 4.09. The summed E-state index contributed by atoms with van der Waals surface area (Å²) in [7, 11) is 0. The zero-order valence-corrected chi connectivity index (χ0v) is 9.29. The highest BCUT2D eigenvalue weighted by Crippen LogP contribution is 2.28. The van der Waals surface area contributed by atoms with E-state index in [1.807, 2.05) is 6.92 Å². The molecule has 2 rings (SSSR count). The number of hydrogen-bond acceptors (Lipinski definition) is 1. The van der Waals surface area contributed by atoms with Crippen molar-refractivity contribution in [1.82, 2.24) is 4.57 Å². The van der Waals surface area contributed by atoms with E-state index in [0.29, 0.717) is 0 Å². The van der Waals surface area contributed by atoms with Crippen molar-refractivity contribution in [2.45, 2.75) is 45.2 Å². The Bertz CT molecular complexity index is 392. The lowest BCUT2D eigenvalue weighted by Gasteiger charge is -2.20. The molecule has 2 heteroatoms. The van der Waals surface area contributed by atoms with Crippen LogP contribution in [0.25, 0.3) is 0 Å². The highest BCUT2D eigenvalue weighted by molar-refractivity contribution is 5.28. The molecule has 1 heterocycles. The third-order valence-electron chi connectivity index (χ3n) is 3.10. The van der Waals surface area contributed by atoms with E-state index in [2.05, 4.69) is 28.7 Å². The number of aryl methyl sites for hydroxylation is 1. The van der Waals surface area contributed by atoms with Crippen LogP contribution < -0.4 is 5.73 Å². The van der Waals surface area contributed by atoms with Gasteiger partial charge < -0.3 is 10.3 Å². The third-order valence-corrected chi connectivity index (χ3v) is 3.10. The number of hydrogen-bond donors (Lipinski definition) is 1. The van der Waals surface area contributed by atoms with Crippen LogP contribution in [-0.4, -0.2) is 4.57 Å². The Labute approximate surface area is 91.5 Å². The second-order valence-electron chi connectivity index (χ2n) is 4.09. The van der Waals surface area contributed by atoms with E-state index in [-0.39, 0.29) is 6.04 Å². The average molecular weight is 202 g/mol. The Kier molecular flexibility index (Phi) is 3.13. The molecule has 2 nitrogen and oxygen atoms in total. The number of nitrogens with two attached hydrogens (primary N) is 1. The molecule has 0 spiro atoms. The Morgan fingerprint density at radius 1 is 1.60 bits per heavy atom. The first-order valence-corrected chi connectivity index (χ1v) is 5.66. The SMILES string of the molecule is CC#CCCn1ccc2c1CCCC2N. The van der Waals surface area contributed by atoms with Gasteiger partial charge in [0.2, 0.25) is 0 Å². The fraction of sp³-hybridized carbons (Fsp3) is 0.538. The Morgan fingerprint density at radius 3 is 3.27 bits per heavy atom. The summed E-state index contributed by atoms with van der Waals surface area (Å²) in [6.45, 7) is 2.89. The van der Waals surface area contributed by atoms with E-state index in [1.165, 1.54) is 24.1 Å². The van der Waals surface area contributed by atoms with Crippen LogP contribution in [0.4, 0.5) is 0 Å². The maximum atomic E-state index is 6.07. The minimum absolute atomic E-state index is 0.257. The van der Waals surface area contributed by atoms with Crippen molar-refractivity contribution < 1.29 is 0 Å². The molecule has 0 saturated heterocycles. The molecular formula is C13H18N2. The monoisotopic (exact) mass is 202 g/mol. The zero-order chi connectivity index (χ0) is 10.7. The van der Waals surface area contributed by atoms with Gasteiger partial charge in [0.05, 0.1) is 0 Å². The standard InChI is InChI=1S/C13H18N2/c1-2-3-4-9-15-10-8-11-12(14)6-5-7-13(11)15/h8,10,12H,4-7,9,14H2,1H3. The average Bonchev–Trinajstić information content (AvgIpc) is 2.64. The predicted octanol–water partition coefficient (Wildman–Crippen LogP) is 2.24. The Balaban J connectivity index is 2.14. The van der Waals surface area contributed by atoms with Crippen LogP contribution in [0.15, 0.2) is 12.3 Å². The quantitative estimate of drug-likeness (QED) is 0.733. The molecule has 2 N–H and O–H groups in total. The minimum atomic E-state index is 0.257. The van der Waals surface area contributed by atoms with Gasteiger partial charge in [0.1, 0.15) is 0 Å². The van der Waals surface area contributed by atoms with Crippen LogP contribution in [0.5, 0.6) is 0 Å². The largest absolute Gasteiger partial charge is 0.350 e. The molecule has 1 aliphatic carbocycles. The Morgan fingerprint density at radius 2 is 2.47 bits per heavy atom. The predicted molar refractivity (Wildman–Crippen MR) is 62.4 cm³/mol. The lowest BCUT2D eigenvalue weighted by Crippen LogP contribution is -2.18. The summed E-state index contributed by atoms with van der Waals surface area (Å²) < 4.78 is 2.32. The highest BCUT2D eigenvalue weighted by Gasteiger charge is 2.19. The molecule has 1 atom stereocenters. The van der Waals surface area contributed by atoms with Crippen molar-refractivity contribution in [3.8, 4) is 11.8 Å². The van der Waals surface area contributed by atoms with Gasteiger partial charge in [0.25, 0.3) is 0 Å². The first-order valence-electron chi connectivity index (χ1n) is 5.66. The first kappa shape index (κ1) is 10.3. The van der Waals surface area contributed by atoms with Gasteiger partial charge in [-0.1, -0.05) is 0 Å². The maximum Gasteiger partial charge on any atom is 0.0332 e. The maximum absolute atomic E-state index is 6.07. The molecule has 1 unspecified atom stereocenters. The van der Waals surface area contributed by atoms with Crippen molar-refractivity contribution in [3.63, 3.8) is 0 Å². The second kappa shape index (κ2) is 4.55. The van der Waals surface area contributed by atoms with Crippen molar-refractivity contribution in [1.29, 1.82) is 0 Å². The zero-order valence-electron chi connectivity index (χ0n) is 9.29. The summed E-state index contributed by atoms with van der Waals surface area (Å²) >= 11 is 0. The molecule has 80 valence electrons. The fourth-order valence-corrected chi connectivity index (χ4v) is 2.30. The van der Waals surface area contributed by atoms with Crippen LogP contribution in [-0.2, 0) is 13.0 Å². The molecule has 1 aliphatic rings. The minimum Gasteiger partial charge on any atom is -0.350 e. The van der Waals surface area contributed by atoms with Gasteiger partial charge in [0.15, 0.2) is 0 Å². The van der Waals surface area contributed by atoms with Crippen LogP contribution in [0.1, 0.15) is 43.5 Å². The molecule has 0 radical (unpaired) electrons. The number of nitrogens with zero attached hydrogens (tertiary/aromatic N) is 1. The summed E-state index contributed by atoms with van der Waals surface area (Å²) in [6, 6.07) is 2.44. The molecule has 15 heavy (non-hydrogen) atoms. The summed E-state index contributed by atoms with van der Waals surface area (Å²) in [5, 5.41) is 0. The molecule has 1 aromatic rings. The van der Waals surface area contributed by atoms with Gasteiger partial charge in [-0.15, -0.1) is 11.8 Å². The van der Waals surface area contributed by atoms with Crippen molar-refractivity contribution in [2.24, 2.45) is 5.73 Å². The van der Waals surface area contributed by atoms with Gasteiger partial charge in [-0.2, -0.15) is 0 Å². The smallest absolute Gasteiger partial charge is 0.0332 e. The highest BCUT2D eigenvalue weighted by atomic mass is 15.0. The topological polar surface area (TPSA) is 30.9 Å². The molecule has 0 fully saturated rings. The Hall–Kier alpha value is -1.20. The van der Waals surface area contributed by atoms with Gasteiger partial charge in [-0.05, 0) is 37.8 Å². The van der Waals surface area contributed by atoms with Crippen molar-refractivity contribution in [3.05, 3.63) is 23.5 Å². The van der Waals surface area contributed by atoms with Gasteiger partial charge in [-0.25, -0.2) is 0 Å². The van der Waals surface area contributed by atoms with E-state index >= 15 is 0 Å². The molecule has 0 aliphatic heterocycles. The van der Waals surface area contributed by atoms with Crippen molar-refractivity contribution in [2.75, 3.05) is 0 Å². The molecule has 0 saturated carbocycles. The fourth-order valence-electron chi connectivity index (χ4n) is 2.30. The van der Waals surface area contributed by atoms with Crippen LogP contribution >= 0.6 is 0 Å². The number of rotatable bonds is 2. The summed E-state index contributed by atoms with van der Waals surface area (Å²) in [6.07, 6.45) is 6.62. The number of aromatic nitrogens is 1. The molecule has 1 aromatic heterocycles. The summed E-state index contributed by atoms with van der Waals surface area (Å²) in [5.74, 6) is 6.03. The van der Waals surface area contributed by atoms with Gasteiger partial charge in [-0.3, -0.25) is 0 Å². The van der Waals surface area contributed by atoms with E-state index in [4.69, 9.17) is 5.73 Å². The number of fused-ring (bicyclic) bond motifs is 1. The molecular weight excluding hydrogens is 184 g/mol. The summed E-state index contributed by atoms with van der Waals surface area (Å²) in [4.78, 5) is 0. The third kappa shape index (κ3) is 2.08. The summed E-state index contributed by atoms with van der Waals surface area (Å²) in [5.41, 5.74) is 8.86. The van der Waals surface area contributed by atoms with E-state index in [0.717, 1.165) is 19.4 Å². The molecule has 0 bridgehead atoms. The van der Waals surface area contributed by atoms with Crippen LogP contribution in [0.2, 0.25) is 0 Å². The molecule has 0 aromatic carbocycles. The van der Waals surface area contributed by atoms with E-state index in [9.17, 15) is 0 Å². The van der Waals surface area contributed by atoms with Crippen molar-refractivity contribution >= 4 is 0 Å².